The van der Waals surface area contributed by atoms with Gasteiger partial charge in [0.2, 0.25) is 0 Å². The smallest absolute Gasteiger partial charge is 0.187 e. The molecule has 0 N–H and O–H groups in total. The number of ether oxygens (including phenoxy) is 1. The average molecular weight is 233 g/mol. The van der Waals surface area contributed by atoms with Gasteiger partial charge in [-0.05, 0) is 6.42 Å². The van der Waals surface area contributed by atoms with Crippen LogP contribution in [-0.2, 0) is 4.74 Å². The van der Waals surface area contributed by atoms with Crippen LogP contribution in [-0.4, -0.2) is 30.8 Å². The van der Waals surface area contributed by atoms with Crippen molar-refractivity contribution in [1.29, 1.82) is 0 Å². The summed E-state index contributed by atoms with van der Waals surface area (Å²) in [5.74, 6) is 0. The van der Waals surface area contributed by atoms with Crippen LogP contribution in [0.3, 0.4) is 0 Å². The summed E-state index contributed by atoms with van der Waals surface area (Å²) in [7, 11) is 0. The van der Waals surface area contributed by atoms with E-state index in [0.29, 0.717) is 11.2 Å². The normalized spacial score (nSPS) is 22.7. The van der Waals surface area contributed by atoms with E-state index in [1.807, 2.05) is 5.38 Å². The van der Waals surface area contributed by atoms with E-state index in [1.54, 1.807) is 11.3 Å². The first-order valence-electron chi connectivity index (χ1n) is 4.76. The molecule has 2 rings (SSSR count). The summed E-state index contributed by atoms with van der Waals surface area (Å²) in [4.78, 5) is 6.58. The summed E-state index contributed by atoms with van der Waals surface area (Å²) in [6.07, 6.45) is 1.08. The van der Waals surface area contributed by atoms with Crippen molar-refractivity contribution in [2.45, 2.75) is 19.4 Å². The van der Waals surface area contributed by atoms with Gasteiger partial charge in [-0.25, -0.2) is 4.98 Å². The van der Waals surface area contributed by atoms with E-state index in [9.17, 15) is 0 Å². The highest BCUT2D eigenvalue weighted by Crippen LogP contribution is 2.26. The average Bonchev–Trinajstić information content (AvgIpc) is 2.65. The lowest BCUT2D eigenvalue weighted by atomic mass is 10.2. The minimum absolute atomic E-state index is 0.450. The van der Waals surface area contributed by atoms with Gasteiger partial charge in [0.25, 0.3) is 0 Å². The maximum absolute atomic E-state index is 5.81. The first-order valence-corrected chi connectivity index (χ1v) is 6.02. The number of nitrogens with zero attached hydrogens (tertiary/aromatic N) is 2. The van der Waals surface area contributed by atoms with Crippen molar-refractivity contribution in [2.24, 2.45) is 0 Å². The number of anilines is 1. The number of halogens is 1. The molecule has 1 aliphatic rings. The predicted molar refractivity (Wildman–Crippen MR) is 59.4 cm³/mol. The number of hydrogen-bond donors (Lipinski definition) is 0. The molecule has 0 saturated carbocycles. The second-order valence-electron chi connectivity index (χ2n) is 3.28. The van der Waals surface area contributed by atoms with Gasteiger partial charge in [-0.3, -0.25) is 0 Å². The molecule has 1 aliphatic heterocycles. The molecule has 78 valence electrons. The Morgan fingerprint density at radius 1 is 1.79 bits per heavy atom. The summed E-state index contributed by atoms with van der Waals surface area (Å²) in [6, 6.07) is 0.450. The van der Waals surface area contributed by atoms with E-state index in [0.717, 1.165) is 31.3 Å². The zero-order valence-electron chi connectivity index (χ0n) is 8.07. The zero-order chi connectivity index (χ0) is 9.97. The van der Waals surface area contributed by atoms with E-state index in [1.165, 1.54) is 0 Å². The largest absolute Gasteiger partial charge is 0.377 e. The van der Waals surface area contributed by atoms with E-state index >= 15 is 0 Å². The van der Waals surface area contributed by atoms with Gasteiger partial charge in [-0.1, -0.05) is 18.5 Å². The van der Waals surface area contributed by atoms with E-state index in [2.05, 4.69) is 16.8 Å². The van der Waals surface area contributed by atoms with Crippen molar-refractivity contribution < 1.29 is 4.74 Å². The van der Waals surface area contributed by atoms with Crippen LogP contribution in [0, 0.1) is 0 Å². The van der Waals surface area contributed by atoms with Gasteiger partial charge in [-0.2, -0.15) is 0 Å². The Kier molecular flexibility index (Phi) is 3.26. The third-order valence-electron chi connectivity index (χ3n) is 2.41. The number of morpholine rings is 1. The van der Waals surface area contributed by atoms with E-state index in [4.69, 9.17) is 16.3 Å². The molecule has 5 heteroatoms. The van der Waals surface area contributed by atoms with Gasteiger partial charge in [0.05, 0.1) is 19.3 Å². The molecule has 0 spiro atoms. The fraction of sp³-hybridized carbons (Fsp3) is 0.667. The first kappa shape index (κ1) is 10.2. The standard InChI is InChI=1S/C9H13ClN2OS/c1-2-7-5-13-4-3-12(7)9-11-8(10)6-14-9/h6-7H,2-5H2,1H3. The summed E-state index contributed by atoms with van der Waals surface area (Å²) >= 11 is 7.41. The number of hydrogen-bond acceptors (Lipinski definition) is 4. The van der Waals surface area contributed by atoms with Gasteiger partial charge in [0.15, 0.2) is 5.13 Å². The molecule has 0 amide bonds. The Bertz CT molecular complexity index is 305. The summed E-state index contributed by atoms with van der Waals surface area (Å²) < 4.78 is 5.43. The van der Waals surface area contributed by atoms with Crippen LogP contribution in [0.2, 0.25) is 5.15 Å². The topological polar surface area (TPSA) is 25.4 Å². The molecule has 0 radical (unpaired) electrons. The molecule has 14 heavy (non-hydrogen) atoms. The van der Waals surface area contributed by atoms with Crippen molar-refractivity contribution in [1.82, 2.24) is 4.98 Å². The zero-order valence-corrected chi connectivity index (χ0v) is 9.64. The van der Waals surface area contributed by atoms with Gasteiger partial charge in [0, 0.05) is 11.9 Å². The molecule has 0 aromatic carbocycles. The van der Waals surface area contributed by atoms with Crippen molar-refractivity contribution in [2.75, 3.05) is 24.7 Å². The fourth-order valence-corrected chi connectivity index (χ4v) is 2.67. The number of thiazole rings is 1. The summed E-state index contributed by atoms with van der Waals surface area (Å²) in [5, 5.41) is 3.48. The maximum atomic E-state index is 5.81. The molecule has 1 atom stereocenters. The fourth-order valence-electron chi connectivity index (χ4n) is 1.62. The van der Waals surface area contributed by atoms with Crippen LogP contribution in [0.25, 0.3) is 0 Å². The van der Waals surface area contributed by atoms with Crippen LogP contribution in [0.5, 0.6) is 0 Å². The predicted octanol–water partition coefficient (Wildman–Crippen LogP) is 2.41. The lowest BCUT2D eigenvalue weighted by Crippen LogP contribution is -2.45. The van der Waals surface area contributed by atoms with Gasteiger partial charge in [0.1, 0.15) is 5.15 Å². The maximum Gasteiger partial charge on any atom is 0.187 e. The van der Waals surface area contributed by atoms with Gasteiger partial charge < -0.3 is 9.64 Å². The monoisotopic (exact) mass is 232 g/mol. The minimum Gasteiger partial charge on any atom is -0.377 e. The molecule has 1 fully saturated rings. The minimum atomic E-state index is 0.450. The molecule has 0 aliphatic carbocycles. The molecule has 3 nitrogen and oxygen atoms in total. The quantitative estimate of drug-likeness (QED) is 0.783. The Morgan fingerprint density at radius 3 is 3.29 bits per heavy atom. The Balaban J connectivity index is 2.14. The molecule has 1 aromatic rings. The highest BCUT2D eigenvalue weighted by molar-refractivity contribution is 7.14. The lowest BCUT2D eigenvalue weighted by Gasteiger charge is -2.34. The Labute approximate surface area is 92.7 Å². The van der Waals surface area contributed by atoms with Crippen molar-refractivity contribution in [3.8, 4) is 0 Å². The van der Waals surface area contributed by atoms with Crippen LogP contribution in [0.4, 0.5) is 5.13 Å². The van der Waals surface area contributed by atoms with Crippen LogP contribution >= 0.6 is 22.9 Å². The van der Waals surface area contributed by atoms with Crippen LogP contribution in [0.15, 0.2) is 5.38 Å². The van der Waals surface area contributed by atoms with E-state index < -0.39 is 0 Å². The molecule has 2 heterocycles. The SMILES string of the molecule is CCC1COCCN1c1nc(Cl)cs1. The highest BCUT2D eigenvalue weighted by atomic mass is 35.5. The van der Waals surface area contributed by atoms with Crippen LogP contribution < -0.4 is 4.90 Å². The van der Waals surface area contributed by atoms with Gasteiger partial charge in [-0.15, -0.1) is 11.3 Å². The summed E-state index contributed by atoms with van der Waals surface area (Å²) in [6.45, 7) is 4.67. The van der Waals surface area contributed by atoms with Crippen LogP contribution in [0.1, 0.15) is 13.3 Å². The van der Waals surface area contributed by atoms with Crippen molar-refractivity contribution >= 4 is 28.1 Å². The van der Waals surface area contributed by atoms with E-state index in [-0.39, 0.29) is 0 Å². The summed E-state index contributed by atoms with van der Waals surface area (Å²) in [5.41, 5.74) is 0. The molecule has 1 unspecified atom stereocenters. The second kappa shape index (κ2) is 4.47. The van der Waals surface area contributed by atoms with Crippen molar-refractivity contribution in [3.05, 3.63) is 10.5 Å². The Hall–Kier alpha value is -0.320. The Morgan fingerprint density at radius 2 is 2.64 bits per heavy atom. The first-order chi connectivity index (χ1) is 6.81. The lowest BCUT2D eigenvalue weighted by molar-refractivity contribution is 0.0930. The number of rotatable bonds is 2. The third kappa shape index (κ3) is 2.02. The molecule has 0 bridgehead atoms. The third-order valence-corrected chi connectivity index (χ3v) is 3.61. The van der Waals surface area contributed by atoms with Gasteiger partial charge >= 0.3 is 0 Å². The molecule has 1 saturated heterocycles. The second-order valence-corrected chi connectivity index (χ2v) is 4.51. The molecule has 1 aromatic heterocycles. The van der Waals surface area contributed by atoms with Crippen molar-refractivity contribution in [3.63, 3.8) is 0 Å². The number of aromatic nitrogens is 1. The molecular formula is C9H13ClN2OS. The highest BCUT2D eigenvalue weighted by Gasteiger charge is 2.23. The molecular weight excluding hydrogens is 220 g/mol.